The highest BCUT2D eigenvalue weighted by molar-refractivity contribution is 5.76. The predicted molar refractivity (Wildman–Crippen MR) is 49.2 cm³/mol. The van der Waals surface area contributed by atoms with Crippen molar-refractivity contribution in [3.8, 4) is 6.07 Å². The first-order valence-electron chi connectivity index (χ1n) is 3.98. The Labute approximate surface area is 84.4 Å². The summed E-state index contributed by atoms with van der Waals surface area (Å²) in [4.78, 5) is 0. The molecule has 78 valence electrons. The second-order valence-electron chi connectivity index (χ2n) is 2.77. The van der Waals surface area contributed by atoms with E-state index in [0.717, 1.165) is 18.3 Å². The van der Waals surface area contributed by atoms with Gasteiger partial charge in [-0.25, -0.2) is 0 Å². The van der Waals surface area contributed by atoms with Crippen LogP contribution in [0.4, 0.5) is 13.2 Å². The number of nitrogens with zero attached hydrogens (tertiary/aromatic N) is 1. The maximum atomic E-state index is 12.3. The lowest BCUT2D eigenvalue weighted by Crippen LogP contribution is -2.05. The van der Waals surface area contributed by atoms with E-state index in [1.54, 1.807) is 6.07 Å². The number of benzene rings is 1. The lowest BCUT2D eigenvalue weighted by atomic mass is 10.0. The Morgan fingerprint density at radius 1 is 1.40 bits per heavy atom. The van der Waals surface area contributed by atoms with Crippen LogP contribution in [0.25, 0.3) is 5.57 Å². The molecule has 0 spiro atoms. The fourth-order valence-corrected chi connectivity index (χ4v) is 1.06. The third-order valence-corrected chi connectivity index (χ3v) is 1.79. The summed E-state index contributed by atoms with van der Waals surface area (Å²) in [6.45, 7) is 0. The number of hydrogen-bond donors (Lipinski definition) is 1. The van der Waals surface area contributed by atoms with Gasteiger partial charge in [-0.15, -0.1) is 0 Å². The number of halogens is 3. The quantitative estimate of drug-likeness (QED) is 0.727. The van der Waals surface area contributed by atoms with Crippen molar-refractivity contribution in [2.75, 3.05) is 0 Å². The first kappa shape index (κ1) is 11.1. The van der Waals surface area contributed by atoms with Crippen molar-refractivity contribution in [1.29, 1.82) is 5.26 Å². The van der Waals surface area contributed by atoms with Crippen molar-refractivity contribution in [3.63, 3.8) is 0 Å². The van der Waals surface area contributed by atoms with Crippen LogP contribution in [0.2, 0.25) is 0 Å². The smallest absolute Gasteiger partial charge is 0.404 e. The number of nitriles is 1. The molecule has 0 atom stereocenters. The van der Waals surface area contributed by atoms with E-state index in [1.807, 2.05) is 0 Å². The van der Waals surface area contributed by atoms with Crippen LogP contribution in [0.1, 0.15) is 11.1 Å². The van der Waals surface area contributed by atoms with Gasteiger partial charge in [0.2, 0.25) is 0 Å². The topological polar surface area (TPSA) is 49.8 Å². The molecule has 1 aromatic rings. The fourth-order valence-electron chi connectivity index (χ4n) is 1.06. The Balaban J connectivity index is 3.21. The molecule has 0 saturated heterocycles. The molecule has 15 heavy (non-hydrogen) atoms. The summed E-state index contributed by atoms with van der Waals surface area (Å²) < 4.78 is 36.9. The summed E-state index contributed by atoms with van der Waals surface area (Å²) in [6, 6.07) is 6.18. The second-order valence-corrected chi connectivity index (χ2v) is 2.77. The van der Waals surface area contributed by atoms with Gasteiger partial charge in [0.1, 0.15) is 6.07 Å². The highest BCUT2D eigenvalue weighted by Crippen LogP contribution is 2.30. The van der Waals surface area contributed by atoms with Gasteiger partial charge >= 0.3 is 6.18 Å². The molecule has 0 saturated carbocycles. The molecule has 2 nitrogen and oxygen atoms in total. The average molecular weight is 212 g/mol. The van der Waals surface area contributed by atoms with Gasteiger partial charge in [-0.05, 0) is 17.7 Å². The third-order valence-electron chi connectivity index (χ3n) is 1.79. The van der Waals surface area contributed by atoms with Gasteiger partial charge in [-0.1, -0.05) is 12.1 Å². The van der Waals surface area contributed by atoms with Crippen molar-refractivity contribution in [3.05, 3.63) is 41.6 Å². The van der Waals surface area contributed by atoms with Gasteiger partial charge < -0.3 is 5.73 Å². The standard InChI is InChI=1S/C10H7F3N2/c11-10(12,13)9-3-1-2-7(4-9)8(5-14)6-15/h1-5H,14H2. The van der Waals surface area contributed by atoms with E-state index in [-0.39, 0.29) is 11.1 Å². The van der Waals surface area contributed by atoms with Gasteiger partial charge in [0.05, 0.1) is 11.1 Å². The first-order chi connectivity index (χ1) is 6.99. The molecule has 0 heterocycles. The minimum absolute atomic E-state index is 0.0149. The Morgan fingerprint density at radius 3 is 2.53 bits per heavy atom. The molecule has 0 aliphatic heterocycles. The molecular weight excluding hydrogens is 205 g/mol. The Bertz CT molecular complexity index is 427. The maximum absolute atomic E-state index is 12.3. The highest BCUT2D eigenvalue weighted by Gasteiger charge is 2.30. The van der Waals surface area contributed by atoms with Crippen LogP contribution in [-0.4, -0.2) is 0 Å². The van der Waals surface area contributed by atoms with Crippen LogP contribution in [0.5, 0.6) is 0 Å². The normalized spacial score (nSPS) is 12.3. The minimum Gasteiger partial charge on any atom is -0.404 e. The van der Waals surface area contributed by atoms with Crippen molar-refractivity contribution in [2.24, 2.45) is 5.73 Å². The van der Waals surface area contributed by atoms with E-state index in [2.05, 4.69) is 0 Å². The van der Waals surface area contributed by atoms with Gasteiger partial charge in [-0.3, -0.25) is 0 Å². The van der Waals surface area contributed by atoms with E-state index in [4.69, 9.17) is 11.0 Å². The number of nitrogens with two attached hydrogens (primary N) is 1. The SMILES string of the molecule is N#CC(=CN)c1cccc(C(F)(F)F)c1. The summed E-state index contributed by atoms with van der Waals surface area (Å²) in [6.07, 6.45) is -3.43. The van der Waals surface area contributed by atoms with Crippen LogP contribution in [0.3, 0.4) is 0 Å². The predicted octanol–water partition coefficient (Wildman–Crippen LogP) is 2.53. The Hall–Kier alpha value is -1.96. The third kappa shape index (κ3) is 2.50. The number of hydrogen-bond acceptors (Lipinski definition) is 2. The monoisotopic (exact) mass is 212 g/mol. The van der Waals surface area contributed by atoms with Crippen LogP contribution < -0.4 is 5.73 Å². The summed E-state index contributed by atoms with van der Waals surface area (Å²) in [5.74, 6) is 0. The molecule has 2 N–H and O–H groups in total. The van der Waals surface area contributed by atoms with Gasteiger partial charge in [0.25, 0.3) is 0 Å². The summed E-state index contributed by atoms with van der Waals surface area (Å²) >= 11 is 0. The molecule has 0 aromatic heterocycles. The van der Waals surface area contributed by atoms with Crippen LogP contribution in [0.15, 0.2) is 30.5 Å². The zero-order valence-corrected chi connectivity index (χ0v) is 7.55. The van der Waals surface area contributed by atoms with Crippen LogP contribution in [-0.2, 0) is 6.18 Å². The Kier molecular flexibility index (Phi) is 3.00. The maximum Gasteiger partial charge on any atom is 0.416 e. The Morgan fingerprint density at radius 2 is 2.07 bits per heavy atom. The molecule has 1 aromatic carbocycles. The average Bonchev–Trinajstić information content (AvgIpc) is 2.19. The molecular formula is C10H7F3N2. The second kappa shape index (κ2) is 4.05. The molecule has 0 fully saturated rings. The van der Waals surface area contributed by atoms with Crippen molar-refractivity contribution in [1.82, 2.24) is 0 Å². The van der Waals surface area contributed by atoms with Crippen molar-refractivity contribution in [2.45, 2.75) is 6.18 Å². The first-order valence-corrected chi connectivity index (χ1v) is 3.98. The molecule has 5 heteroatoms. The highest BCUT2D eigenvalue weighted by atomic mass is 19.4. The lowest BCUT2D eigenvalue weighted by Gasteiger charge is -2.07. The van der Waals surface area contributed by atoms with Crippen molar-refractivity contribution < 1.29 is 13.2 Å². The number of allylic oxidation sites excluding steroid dienone is 1. The lowest BCUT2D eigenvalue weighted by molar-refractivity contribution is -0.137. The zero-order chi connectivity index (χ0) is 11.5. The molecule has 0 amide bonds. The number of rotatable bonds is 1. The molecule has 0 aliphatic carbocycles. The minimum atomic E-state index is -4.41. The molecule has 0 radical (unpaired) electrons. The van der Waals surface area contributed by atoms with Crippen LogP contribution >= 0.6 is 0 Å². The van der Waals surface area contributed by atoms with Crippen molar-refractivity contribution >= 4 is 5.57 Å². The summed E-state index contributed by atoms with van der Waals surface area (Å²) in [5, 5.41) is 8.59. The molecule has 0 bridgehead atoms. The summed E-state index contributed by atoms with van der Waals surface area (Å²) in [7, 11) is 0. The van der Waals surface area contributed by atoms with E-state index < -0.39 is 11.7 Å². The molecule has 0 unspecified atom stereocenters. The fraction of sp³-hybridized carbons (Fsp3) is 0.100. The summed E-state index contributed by atoms with van der Waals surface area (Å²) in [5.41, 5.74) is 4.49. The van der Waals surface area contributed by atoms with Gasteiger partial charge in [0.15, 0.2) is 0 Å². The molecule has 0 aliphatic rings. The van der Waals surface area contributed by atoms with E-state index in [9.17, 15) is 13.2 Å². The van der Waals surface area contributed by atoms with Gasteiger partial charge in [-0.2, -0.15) is 18.4 Å². The largest absolute Gasteiger partial charge is 0.416 e. The number of alkyl halides is 3. The zero-order valence-electron chi connectivity index (χ0n) is 7.55. The van der Waals surface area contributed by atoms with E-state index in [0.29, 0.717) is 0 Å². The van der Waals surface area contributed by atoms with E-state index in [1.165, 1.54) is 12.1 Å². The molecule has 1 rings (SSSR count). The van der Waals surface area contributed by atoms with Gasteiger partial charge in [0, 0.05) is 6.20 Å². The van der Waals surface area contributed by atoms with Crippen LogP contribution in [0, 0.1) is 11.3 Å². The van der Waals surface area contributed by atoms with E-state index >= 15 is 0 Å².